The number of nitrogens with zero attached hydrogens (tertiary/aromatic N) is 3. The maximum atomic E-state index is 6.11. The zero-order chi connectivity index (χ0) is 21.0. The van der Waals surface area contributed by atoms with Gasteiger partial charge in [0.15, 0.2) is 11.5 Å². The van der Waals surface area contributed by atoms with Crippen molar-refractivity contribution in [1.29, 1.82) is 0 Å². The average molecular weight is 416 g/mol. The van der Waals surface area contributed by atoms with Crippen LogP contribution in [0.5, 0.6) is 17.2 Å². The van der Waals surface area contributed by atoms with Crippen LogP contribution in [-0.2, 0) is 0 Å². The van der Waals surface area contributed by atoms with Crippen LogP contribution < -0.4 is 19.3 Å². The van der Waals surface area contributed by atoms with Gasteiger partial charge < -0.3 is 19.3 Å². The molecule has 0 aromatic heterocycles. The number of piperazine rings is 1. The van der Waals surface area contributed by atoms with E-state index in [2.05, 4.69) is 63.2 Å². The molecule has 2 aliphatic heterocycles. The molecule has 0 saturated carbocycles. The number of para-hydroxylation sites is 6. The molecule has 160 valence electrons. The van der Waals surface area contributed by atoms with Gasteiger partial charge >= 0.3 is 0 Å². The lowest BCUT2D eigenvalue weighted by atomic mass is 10.1. The van der Waals surface area contributed by atoms with Gasteiger partial charge in [-0.05, 0) is 49.4 Å². The van der Waals surface area contributed by atoms with Crippen molar-refractivity contribution in [3.8, 4) is 17.2 Å². The minimum absolute atomic E-state index is 0.937. The normalized spacial score (nSPS) is 15.8. The van der Waals surface area contributed by atoms with Crippen molar-refractivity contribution in [1.82, 2.24) is 4.90 Å². The summed E-state index contributed by atoms with van der Waals surface area (Å²) >= 11 is 0. The number of methoxy groups -OCH3 is 1. The summed E-state index contributed by atoms with van der Waals surface area (Å²) in [5, 5.41) is 0. The Hall–Kier alpha value is -3.18. The standard InChI is InChI=1S/C26H29N3O2/c1-30-24-12-5-2-9-21(24)28-19-17-27(18-20-28)15-8-16-29-22-10-3-6-13-25(22)31-26-14-7-4-11-23(26)29/h2-7,9-14H,8,15-20H2,1H3. The first-order chi connectivity index (χ1) is 15.3. The van der Waals surface area contributed by atoms with E-state index in [-0.39, 0.29) is 0 Å². The summed E-state index contributed by atoms with van der Waals surface area (Å²) < 4.78 is 11.7. The van der Waals surface area contributed by atoms with Crippen LogP contribution in [0.15, 0.2) is 72.8 Å². The van der Waals surface area contributed by atoms with Gasteiger partial charge in [-0.1, -0.05) is 36.4 Å². The molecule has 2 heterocycles. The molecule has 3 aromatic carbocycles. The van der Waals surface area contributed by atoms with Gasteiger partial charge in [0.1, 0.15) is 5.75 Å². The van der Waals surface area contributed by atoms with Gasteiger partial charge in [0.05, 0.1) is 24.2 Å². The van der Waals surface area contributed by atoms with E-state index < -0.39 is 0 Å². The highest BCUT2D eigenvalue weighted by atomic mass is 16.5. The quantitative estimate of drug-likeness (QED) is 0.555. The fraction of sp³-hybridized carbons (Fsp3) is 0.308. The van der Waals surface area contributed by atoms with Gasteiger partial charge in [0, 0.05) is 32.7 Å². The van der Waals surface area contributed by atoms with Crippen LogP contribution in [0.4, 0.5) is 17.1 Å². The minimum atomic E-state index is 0.937. The first kappa shape index (κ1) is 19.8. The number of ether oxygens (including phenoxy) is 2. The lowest BCUT2D eigenvalue weighted by molar-refractivity contribution is 0.255. The van der Waals surface area contributed by atoms with Crippen molar-refractivity contribution in [2.75, 3.05) is 56.2 Å². The average Bonchev–Trinajstić information content (AvgIpc) is 2.84. The van der Waals surface area contributed by atoms with Gasteiger partial charge in [-0.15, -0.1) is 0 Å². The van der Waals surface area contributed by atoms with E-state index in [4.69, 9.17) is 9.47 Å². The van der Waals surface area contributed by atoms with E-state index >= 15 is 0 Å². The first-order valence-corrected chi connectivity index (χ1v) is 11.1. The Kier molecular flexibility index (Phi) is 5.67. The fourth-order valence-electron chi connectivity index (χ4n) is 4.58. The molecule has 0 aliphatic carbocycles. The zero-order valence-electron chi connectivity index (χ0n) is 18.0. The van der Waals surface area contributed by atoms with E-state index in [0.717, 1.165) is 74.3 Å². The minimum Gasteiger partial charge on any atom is -0.495 e. The third-order valence-corrected chi connectivity index (χ3v) is 6.19. The summed E-state index contributed by atoms with van der Waals surface area (Å²) in [4.78, 5) is 7.41. The number of rotatable bonds is 6. The van der Waals surface area contributed by atoms with E-state index in [0.29, 0.717) is 0 Å². The second-order valence-corrected chi connectivity index (χ2v) is 8.04. The Balaban J connectivity index is 1.19. The molecule has 0 amide bonds. The third-order valence-electron chi connectivity index (χ3n) is 6.19. The maximum absolute atomic E-state index is 6.11. The van der Waals surface area contributed by atoms with Crippen molar-refractivity contribution in [2.45, 2.75) is 6.42 Å². The molecular weight excluding hydrogens is 386 g/mol. The number of anilines is 3. The lowest BCUT2D eigenvalue weighted by Gasteiger charge is -2.37. The third kappa shape index (κ3) is 4.06. The van der Waals surface area contributed by atoms with Gasteiger partial charge in [-0.3, -0.25) is 4.90 Å². The molecule has 0 radical (unpaired) electrons. The molecule has 1 fully saturated rings. The lowest BCUT2D eigenvalue weighted by Crippen LogP contribution is -2.47. The first-order valence-electron chi connectivity index (χ1n) is 11.1. The topological polar surface area (TPSA) is 28.2 Å². The Bertz CT molecular complexity index is 985. The van der Waals surface area contributed by atoms with Crippen molar-refractivity contribution in [2.24, 2.45) is 0 Å². The van der Waals surface area contributed by atoms with Crippen LogP contribution in [0.1, 0.15) is 6.42 Å². The molecule has 3 aromatic rings. The Labute approximate surface area is 184 Å². The van der Waals surface area contributed by atoms with Crippen LogP contribution >= 0.6 is 0 Å². The molecular formula is C26H29N3O2. The molecule has 2 aliphatic rings. The number of fused-ring (bicyclic) bond motifs is 2. The van der Waals surface area contributed by atoms with Gasteiger partial charge in [0.2, 0.25) is 0 Å². The smallest absolute Gasteiger partial charge is 0.151 e. The van der Waals surface area contributed by atoms with Crippen LogP contribution in [0, 0.1) is 0 Å². The Morgan fingerprint density at radius 2 is 1.29 bits per heavy atom. The van der Waals surface area contributed by atoms with Crippen LogP contribution in [0.3, 0.4) is 0 Å². The van der Waals surface area contributed by atoms with E-state index in [1.807, 2.05) is 24.3 Å². The van der Waals surface area contributed by atoms with Gasteiger partial charge in [-0.2, -0.15) is 0 Å². The summed E-state index contributed by atoms with van der Waals surface area (Å²) in [6.45, 7) is 6.29. The maximum Gasteiger partial charge on any atom is 0.151 e. The van der Waals surface area contributed by atoms with E-state index in [1.165, 1.54) is 5.69 Å². The molecule has 0 bridgehead atoms. The van der Waals surface area contributed by atoms with E-state index in [9.17, 15) is 0 Å². The number of benzene rings is 3. The molecule has 31 heavy (non-hydrogen) atoms. The van der Waals surface area contributed by atoms with Crippen molar-refractivity contribution in [3.05, 3.63) is 72.8 Å². The summed E-state index contributed by atoms with van der Waals surface area (Å²) in [5.74, 6) is 2.83. The molecule has 0 N–H and O–H groups in total. The van der Waals surface area contributed by atoms with Gasteiger partial charge in [0.25, 0.3) is 0 Å². The highest BCUT2D eigenvalue weighted by molar-refractivity contribution is 5.77. The molecule has 1 saturated heterocycles. The second-order valence-electron chi connectivity index (χ2n) is 8.04. The highest BCUT2D eigenvalue weighted by Gasteiger charge is 2.24. The summed E-state index contributed by atoms with van der Waals surface area (Å²) in [6.07, 6.45) is 1.11. The predicted molar refractivity (Wildman–Crippen MR) is 126 cm³/mol. The molecule has 0 atom stereocenters. The summed E-state index contributed by atoms with van der Waals surface area (Å²) in [5.41, 5.74) is 3.51. The fourth-order valence-corrected chi connectivity index (χ4v) is 4.58. The number of hydrogen-bond donors (Lipinski definition) is 0. The van der Waals surface area contributed by atoms with Crippen molar-refractivity contribution < 1.29 is 9.47 Å². The van der Waals surface area contributed by atoms with Crippen LogP contribution in [0.2, 0.25) is 0 Å². The van der Waals surface area contributed by atoms with Crippen LogP contribution in [0.25, 0.3) is 0 Å². The largest absolute Gasteiger partial charge is 0.495 e. The Morgan fingerprint density at radius 3 is 1.94 bits per heavy atom. The SMILES string of the molecule is COc1ccccc1N1CCN(CCCN2c3ccccc3Oc3ccccc32)CC1. The molecule has 0 spiro atoms. The van der Waals surface area contributed by atoms with Gasteiger partial charge in [-0.25, -0.2) is 0 Å². The molecule has 5 rings (SSSR count). The summed E-state index contributed by atoms with van der Waals surface area (Å²) in [6, 6.07) is 24.9. The monoisotopic (exact) mass is 415 g/mol. The molecule has 5 heteroatoms. The Morgan fingerprint density at radius 1 is 0.710 bits per heavy atom. The molecule has 0 unspecified atom stereocenters. The zero-order valence-corrected chi connectivity index (χ0v) is 18.0. The van der Waals surface area contributed by atoms with Crippen LogP contribution in [-0.4, -0.2) is 51.3 Å². The summed E-state index contributed by atoms with van der Waals surface area (Å²) in [7, 11) is 1.75. The second kappa shape index (κ2) is 8.90. The van der Waals surface area contributed by atoms with E-state index in [1.54, 1.807) is 7.11 Å². The number of hydrogen-bond acceptors (Lipinski definition) is 5. The predicted octanol–water partition coefficient (Wildman–Crippen LogP) is 5.15. The van der Waals surface area contributed by atoms with Crippen molar-refractivity contribution in [3.63, 3.8) is 0 Å². The van der Waals surface area contributed by atoms with Crippen molar-refractivity contribution >= 4 is 17.1 Å². The molecule has 5 nitrogen and oxygen atoms in total. The highest BCUT2D eigenvalue weighted by Crippen LogP contribution is 2.46.